The van der Waals surface area contributed by atoms with E-state index in [1.165, 1.54) is 11.3 Å². The van der Waals surface area contributed by atoms with Crippen LogP contribution in [0.5, 0.6) is 0 Å². The first-order chi connectivity index (χ1) is 8.03. The van der Waals surface area contributed by atoms with E-state index < -0.39 is 10.0 Å². The number of hydrogen-bond donors (Lipinski definition) is 2. The summed E-state index contributed by atoms with van der Waals surface area (Å²) in [6, 6.07) is 0. The summed E-state index contributed by atoms with van der Waals surface area (Å²) in [5.74, 6) is 0. The van der Waals surface area contributed by atoms with Crippen LogP contribution >= 0.6 is 11.3 Å². The van der Waals surface area contributed by atoms with Gasteiger partial charge in [0.2, 0.25) is 10.0 Å². The highest BCUT2D eigenvalue weighted by molar-refractivity contribution is 7.89. The zero-order valence-electron chi connectivity index (χ0n) is 10.5. The fourth-order valence-corrected chi connectivity index (χ4v) is 4.48. The Morgan fingerprint density at radius 2 is 2.12 bits per heavy atom. The lowest BCUT2D eigenvalue weighted by Gasteiger charge is -2.08. The average molecular weight is 276 g/mol. The number of nitrogens with one attached hydrogen (secondary N) is 2. The average Bonchev–Trinajstić information content (AvgIpc) is 2.61. The molecule has 98 valence electrons. The van der Waals surface area contributed by atoms with Gasteiger partial charge in [-0.15, -0.1) is 11.3 Å². The summed E-state index contributed by atoms with van der Waals surface area (Å²) < 4.78 is 27.0. The standard InChI is InChI=1S/C11H20N2O2S2/c1-4-5-6-13-17(14,15)11-9(2)8-16-10(11)7-12-3/h8,12-13H,4-7H2,1-3H3. The third kappa shape index (κ3) is 3.77. The zero-order chi connectivity index (χ0) is 12.9. The molecule has 0 aliphatic rings. The van der Waals surface area contributed by atoms with Crippen molar-refractivity contribution in [2.45, 2.75) is 38.1 Å². The second-order valence-corrected chi connectivity index (χ2v) is 6.62. The number of thiophene rings is 1. The zero-order valence-corrected chi connectivity index (χ0v) is 12.2. The van der Waals surface area contributed by atoms with Crippen LogP contribution in [-0.4, -0.2) is 22.0 Å². The lowest BCUT2D eigenvalue weighted by Crippen LogP contribution is -2.26. The highest BCUT2D eigenvalue weighted by atomic mass is 32.2. The molecule has 0 spiro atoms. The van der Waals surface area contributed by atoms with Crippen LogP contribution in [0.15, 0.2) is 10.3 Å². The van der Waals surface area contributed by atoms with E-state index in [2.05, 4.69) is 10.0 Å². The third-order valence-corrected chi connectivity index (χ3v) is 5.34. The van der Waals surface area contributed by atoms with Gasteiger partial charge in [0.25, 0.3) is 0 Å². The van der Waals surface area contributed by atoms with Crippen LogP contribution in [0.25, 0.3) is 0 Å². The van der Waals surface area contributed by atoms with E-state index in [-0.39, 0.29) is 0 Å². The van der Waals surface area contributed by atoms with Crippen LogP contribution in [0.3, 0.4) is 0 Å². The first-order valence-corrected chi connectivity index (χ1v) is 8.10. The van der Waals surface area contributed by atoms with Crippen molar-refractivity contribution in [2.75, 3.05) is 13.6 Å². The molecular formula is C11H20N2O2S2. The molecule has 1 aromatic heterocycles. The van der Waals surface area contributed by atoms with Gasteiger partial charge in [0.05, 0.1) is 0 Å². The molecule has 0 bridgehead atoms. The summed E-state index contributed by atoms with van der Waals surface area (Å²) in [4.78, 5) is 1.32. The van der Waals surface area contributed by atoms with Gasteiger partial charge in [-0.2, -0.15) is 0 Å². The van der Waals surface area contributed by atoms with Gasteiger partial charge in [-0.05, 0) is 31.3 Å². The maximum atomic E-state index is 12.2. The lowest BCUT2D eigenvalue weighted by molar-refractivity contribution is 0.576. The molecule has 2 N–H and O–H groups in total. The number of aryl methyl sites for hydroxylation is 1. The smallest absolute Gasteiger partial charge is 0.241 e. The molecule has 0 aliphatic heterocycles. The minimum Gasteiger partial charge on any atom is -0.315 e. The summed E-state index contributed by atoms with van der Waals surface area (Å²) in [6.45, 7) is 4.97. The molecule has 0 saturated heterocycles. The molecule has 0 aromatic carbocycles. The van der Waals surface area contributed by atoms with E-state index in [4.69, 9.17) is 0 Å². The molecule has 1 aromatic rings. The maximum absolute atomic E-state index is 12.2. The molecule has 0 radical (unpaired) electrons. The third-order valence-electron chi connectivity index (χ3n) is 2.42. The summed E-state index contributed by atoms with van der Waals surface area (Å²) >= 11 is 1.49. The molecule has 0 saturated carbocycles. The van der Waals surface area contributed by atoms with Crippen LogP contribution < -0.4 is 10.0 Å². The van der Waals surface area contributed by atoms with Crippen LogP contribution in [-0.2, 0) is 16.6 Å². The second kappa shape index (κ2) is 6.49. The van der Waals surface area contributed by atoms with Crippen LogP contribution in [0.2, 0.25) is 0 Å². The van der Waals surface area contributed by atoms with E-state index in [9.17, 15) is 8.42 Å². The maximum Gasteiger partial charge on any atom is 0.241 e. The minimum atomic E-state index is -3.35. The summed E-state index contributed by atoms with van der Waals surface area (Å²) in [6.07, 6.45) is 1.85. The van der Waals surface area contributed by atoms with E-state index in [0.29, 0.717) is 18.0 Å². The molecular weight excluding hydrogens is 256 g/mol. The molecule has 0 fully saturated rings. The first kappa shape index (κ1) is 14.6. The molecule has 1 rings (SSSR count). The van der Waals surface area contributed by atoms with Gasteiger partial charge in [0.15, 0.2) is 0 Å². The Morgan fingerprint density at radius 1 is 1.41 bits per heavy atom. The molecule has 6 heteroatoms. The summed E-state index contributed by atoms with van der Waals surface area (Å²) in [5, 5.41) is 4.89. The Morgan fingerprint density at radius 3 is 2.71 bits per heavy atom. The van der Waals surface area contributed by atoms with Crippen molar-refractivity contribution in [3.8, 4) is 0 Å². The SMILES string of the molecule is CCCCNS(=O)(=O)c1c(C)csc1CNC. The van der Waals surface area contributed by atoms with E-state index >= 15 is 0 Å². The number of rotatable bonds is 7. The van der Waals surface area contributed by atoms with E-state index in [1.807, 2.05) is 26.3 Å². The Labute approximate surface area is 107 Å². The highest BCUT2D eigenvalue weighted by Gasteiger charge is 2.21. The summed E-state index contributed by atoms with van der Waals surface area (Å²) in [7, 11) is -1.54. The molecule has 0 amide bonds. The van der Waals surface area contributed by atoms with E-state index in [0.717, 1.165) is 23.3 Å². The van der Waals surface area contributed by atoms with Gasteiger partial charge in [-0.1, -0.05) is 13.3 Å². The van der Waals surface area contributed by atoms with E-state index in [1.54, 1.807) is 0 Å². The van der Waals surface area contributed by atoms with Crippen molar-refractivity contribution in [1.82, 2.24) is 10.0 Å². The molecule has 0 atom stereocenters. The highest BCUT2D eigenvalue weighted by Crippen LogP contribution is 2.26. The van der Waals surface area contributed by atoms with Gasteiger partial charge >= 0.3 is 0 Å². The fraction of sp³-hybridized carbons (Fsp3) is 0.636. The number of unbranched alkanes of at least 4 members (excludes halogenated alkanes) is 1. The molecule has 0 aliphatic carbocycles. The fourth-order valence-electron chi connectivity index (χ4n) is 1.59. The van der Waals surface area contributed by atoms with Gasteiger partial charge < -0.3 is 5.32 Å². The minimum absolute atomic E-state index is 0.452. The van der Waals surface area contributed by atoms with Crippen molar-refractivity contribution in [1.29, 1.82) is 0 Å². The van der Waals surface area contributed by atoms with Gasteiger partial charge in [0.1, 0.15) is 4.90 Å². The molecule has 17 heavy (non-hydrogen) atoms. The number of hydrogen-bond acceptors (Lipinski definition) is 4. The lowest BCUT2D eigenvalue weighted by atomic mass is 10.3. The predicted molar refractivity (Wildman–Crippen MR) is 71.9 cm³/mol. The quantitative estimate of drug-likeness (QED) is 0.747. The topological polar surface area (TPSA) is 58.2 Å². The predicted octanol–water partition coefficient (Wildman–Crippen LogP) is 1.85. The van der Waals surface area contributed by atoms with Crippen molar-refractivity contribution < 1.29 is 8.42 Å². The second-order valence-electron chi connectivity index (χ2n) is 3.95. The van der Waals surface area contributed by atoms with Crippen molar-refractivity contribution in [3.05, 3.63) is 15.8 Å². The summed E-state index contributed by atoms with van der Waals surface area (Å²) in [5.41, 5.74) is 0.823. The first-order valence-electron chi connectivity index (χ1n) is 5.74. The Hall–Kier alpha value is -0.430. The van der Waals surface area contributed by atoms with Gasteiger partial charge in [-0.3, -0.25) is 0 Å². The van der Waals surface area contributed by atoms with Crippen LogP contribution in [0.4, 0.5) is 0 Å². The van der Waals surface area contributed by atoms with Crippen LogP contribution in [0, 0.1) is 6.92 Å². The largest absolute Gasteiger partial charge is 0.315 e. The van der Waals surface area contributed by atoms with Crippen molar-refractivity contribution in [3.63, 3.8) is 0 Å². The molecule has 0 unspecified atom stereocenters. The Kier molecular flexibility index (Phi) is 5.58. The normalized spacial score (nSPS) is 11.9. The molecule has 1 heterocycles. The van der Waals surface area contributed by atoms with Gasteiger partial charge in [-0.25, -0.2) is 13.1 Å². The molecule has 4 nitrogen and oxygen atoms in total. The Bertz CT molecular complexity index is 452. The Balaban J connectivity index is 2.93. The van der Waals surface area contributed by atoms with Crippen molar-refractivity contribution in [2.24, 2.45) is 0 Å². The number of sulfonamides is 1. The van der Waals surface area contributed by atoms with Crippen molar-refractivity contribution >= 4 is 21.4 Å². The van der Waals surface area contributed by atoms with Gasteiger partial charge in [0, 0.05) is 18.0 Å². The van der Waals surface area contributed by atoms with Crippen LogP contribution in [0.1, 0.15) is 30.2 Å². The monoisotopic (exact) mass is 276 g/mol.